The van der Waals surface area contributed by atoms with Gasteiger partial charge in [0.05, 0.1) is 12.1 Å². The molecule has 1 saturated heterocycles. The molecular formula is C16H24BrN3O. The SMILES string of the molecule is CCC(N)C(c1cccc(Br)c1)N1CCCC1C(=O)NC. The van der Waals surface area contributed by atoms with Crippen molar-refractivity contribution < 1.29 is 4.79 Å². The Morgan fingerprint density at radius 3 is 2.95 bits per heavy atom. The number of benzene rings is 1. The minimum absolute atomic E-state index is 0.0181. The minimum Gasteiger partial charge on any atom is -0.358 e. The lowest BCUT2D eigenvalue weighted by molar-refractivity contribution is -0.125. The molecule has 1 fully saturated rings. The summed E-state index contributed by atoms with van der Waals surface area (Å²) in [4.78, 5) is 14.4. The Bertz CT molecular complexity index is 494. The molecule has 2 rings (SSSR count). The first-order valence-electron chi connectivity index (χ1n) is 7.56. The van der Waals surface area contributed by atoms with Gasteiger partial charge in [0.1, 0.15) is 0 Å². The normalized spacial score (nSPS) is 22.0. The standard InChI is InChI=1S/C16H24BrN3O/c1-3-13(18)15(11-6-4-7-12(17)10-11)20-9-5-8-14(20)16(21)19-2/h4,6-7,10,13-15H,3,5,8-9,18H2,1-2H3,(H,19,21). The van der Waals surface area contributed by atoms with E-state index >= 15 is 0 Å². The molecule has 116 valence electrons. The second-order valence-electron chi connectivity index (χ2n) is 5.58. The quantitative estimate of drug-likeness (QED) is 0.854. The number of nitrogens with two attached hydrogens (primary N) is 1. The molecule has 0 aromatic heterocycles. The molecule has 1 aliphatic rings. The molecule has 1 amide bonds. The van der Waals surface area contributed by atoms with E-state index in [4.69, 9.17) is 5.73 Å². The molecule has 3 atom stereocenters. The zero-order chi connectivity index (χ0) is 15.4. The van der Waals surface area contributed by atoms with E-state index < -0.39 is 0 Å². The fraction of sp³-hybridized carbons (Fsp3) is 0.562. The molecule has 3 N–H and O–H groups in total. The van der Waals surface area contributed by atoms with Crippen molar-refractivity contribution >= 4 is 21.8 Å². The van der Waals surface area contributed by atoms with E-state index in [1.807, 2.05) is 12.1 Å². The van der Waals surface area contributed by atoms with Crippen molar-refractivity contribution in [1.29, 1.82) is 0 Å². The summed E-state index contributed by atoms with van der Waals surface area (Å²) in [6.07, 6.45) is 2.83. The number of rotatable bonds is 5. The fourth-order valence-corrected chi connectivity index (χ4v) is 3.59. The number of nitrogens with one attached hydrogen (secondary N) is 1. The van der Waals surface area contributed by atoms with Crippen molar-refractivity contribution in [2.24, 2.45) is 5.73 Å². The average molecular weight is 354 g/mol. The Kier molecular flexibility index (Phi) is 5.79. The predicted octanol–water partition coefficient (Wildman–Crippen LogP) is 2.44. The Hall–Kier alpha value is -0.910. The van der Waals surface area contributed by atoms with Crippen molar-refractivity contribution in [2.45, 2.75) is 44.3 Å². The molecule has 3 unspecified atom stereocenters. The van der Waals surface area contributed by atoms with Gasteiger partial charge in [-0.15, -0.1) is 0 Å². The van der Waals surface area contributed by atoms with Gasteiger partial charge < -0.3 is 11.1 Å². The average Bonchev–Trinajstić information content (AvgIpc) is 2.95. The highest BCUT2D eigenvalue weighted by Gasteiger charge is 2.37. The Morgan fingerprint density at radius 1 is 1.57 bits per heavy atom. The molecule has 1 heterocycles. The summed E-state index contributed by atoms with van der Waals surface area (Å²) in [6.45, 7) is 3.02. The van der Waals surface area contributed by atoms with Crippen LogP contribution >= 0.6 is 15.9 Å². The number of nitrogens with zero attached hydrogens (tertiary/aromatic N) is 1. The molecule has 0 radical (unpaired) electrons. The van der Waals surface area contributed by atoms with Crippen LogP contribution in [0.1, 0.15) is 37.8 Å². The van der Waals surface area contributed by atoms with Crippen molar-refractivity contribution in [3.05, 3.63) is 34.3 Å². The molecule has 1 aliphatic heterocycles. The monoisotopic (exact) mass is 353 g/mol. The number of likely N-dealkylation sites (N-methyl/N-ethyl adjacent to an activating group) is 1. The second-order valence-corrected chi connectivity index (χ2v) is 6.50. The van der Waals surface area contributed by atoms with E-state index in [0.29, 0.717) is 0 Å². The van der Waals surface area contributed by atoms with E-state index in [9.17, 15) is 4.79 Å². The van der Waals surface area contributed by atoms with Crippen molar-refractivity contribution in [2.75, 3.05) is 13.6 Å². The molecule has 5 heteroatoms. The van der Waals surface area contributed by atoms with Crippen molar-refractivity contribution in [3.8, 4) is 0 Å². The number of hydrogen-bond donors (Lipinski definition) is 2. The lowest BCUT2D eigenvalue weighted by Gasteiger charge is -2.36. The van der Waals surface area contributed by atoms with E-state index in [-0.39, 0.29) is 24.0 Å². The van der Waals surface area contributed by atoms with Crippen LogP contribution in [0.2, 0.25) is 0 Å². The van der Waals surface area contributed by atoms with E-state index in [2.05, 4.69) is 45.2 Å². The molecule has 0 saturated carbocycles. The molecule has 0 aliphatic carbocycles. The Balaban J connectivity index is 2.34. The van der Waals surface area contributed by atoms with E-state index in [1.54, 1.807) is 7.05 Å². The molecule has 0 bridgehead atoms. The van der Waals surface area contributed by atoms with Gasteiger partial charge >= 0.3 is 0 Å². The summed E-state index contributed by atoms with van der Waals surface area (Å²) >= 11 is 3.53. The van der Waals surface area contributed by atoms with Gasteiger partial charge in [-0.25, -0.2) is 0 Å². The number of carbonyl (C=O) groups excluding carboxylic acids is 1. The van der Waals surface area contributed by atoms with Gasteiger partial charge in [0.15, 0.2) is 0 Å². The van der Waals surface area contributed by atoms with Crippen molar-refractivity contribution in [3.63, 3.8) is 0 Å². The lowest BCUT2D eigenvalue weighted by atomic mass is 9.95. The maximum absolute atomic E-state index is 12.1. The summed E-state index contributed by atoms with van der Waals surface area (Å²) in [6, 6.07) is 8.28. The topological polar surface area (TPSA) is 58.4 Å². The summed E-state index contributed by atoms with van der Waals surface area (Å²) in [5.41, 5.74) is 7.57. The smallest absolute Gasteiger partial charge is 0.237 e. The van der Waals surface area contributed by atoms with Gasteiger partial charge in [-0.3, -0.25) is 9.69 Å². The summed E-state index contributed by atoms with van der Waals surface area (Å²) in [7, 11) is 1.70. The molecule has 21 heavy (non-hydrogen) atoms. The van der Waals surface area contributed by atoms with Gasteiger partial charge in [-0.1, -0.05) is 35.0 Å². The van der Waals surface area contributed by atoms with Gasteiger partial charge in [0.2, 0.25) is 5.91 Å². The van der Waals surface area contributed by atoms with Crippen LogP contribution in [0.5, 0.6) is 0 Å². The number of carbonyl (C=O) groups is 1. The zero-order valence-electron chi connectivity index (χ0n) is 12.7. The number of hydrogen-bond acceptors (Lipinski definition) is 3. The highest BCUT2D eigenvalue weighted by molar-refractivity contribution is 9.10. The van der Waals surface area contributed by atoms with Crippen LogP contribution in [0.25, 0.3) is 0 Å². The molecule has 4 nitrogen and oxygen atoms in total. The minimum atomic E-state index is -0.0726. The number of likely N-dealkylation sites (tertiary alicyclic amines) is 1. The molecule has 0 spiro atoms. The molecule has 1 aromatic rings. The maximum Gasteiger partial charge on any atom is 0.237 e. The van der Waals surface area contributed by atoms with Crippen LogP contribution in [0.15, 0.2) is 28.7 Å². The number of amides is 1. The van der Waals surface area contributed by atoms with Crippen LogP contribution in [-0.2, 0) is 4.79 Å². The van der Waals surface area contributed by atoms with E-state index in [1.165, 1.54) is 5.56 Å². The predicted molar refractivity (Wildman–Crippen MR) is 88.9 cm³/mol. The Morgan fingerprint density at radius 2 is 2.33 bits per heavy atom. The van der Waals surface area contributed by atoms with Crippen LogP contribution in [0, 0.1) is 0 Å². The van der Waals surface area contributed by atoms with Crippen LogP contribution in [0.3, 0.4) is 0 Å². The van der Waals surface area contributed by atoms with Crippen LogP contribution < -0.4 is 11.1 Å². The van der Waals surface area contributed by atoms with Gasteiger partial charge in [0, 0.05) is 17.6 Å². The largest absolute Gasteiger partial charge is 0.358 e. The highest BCUT2D eigenvalue weighted by atomic mass is 79.9. The summed E-state index contributed by atoms with van der Waals surface area (Å²) in [5.74, 6) is 0.0933. The molecular weight excluding hydrogens is 330 g/mol. The third-order valence-electron chi connectivity index (χ3n) is 4.27. The van der Waals surface area contributed by atoms with Gasteiger partial charge in [-0.2, -0.15) is 0 Å². The second kappa shape index (κ2) is 7.38. The van der Waals surface area contributed by atoms with Crippen LogP contribution in [0.4, 0.5) is 0 Å². The van der Waals surface area contributed by atoms with Crippen LogP contribution in [-0.4, -0.2) is 36.5 Å². The Labute approximate surface area is 135 Å². The van der Waals surface area contributed by atoms with Gasteiger partial charge in [0.25, 0.3) is 0 Å². The summed E-state index contributed by atoms with van der Waals surface area (Å²) < 4.78 is 1.05. The van der Waals surface area contributed by atoms with Crippen molar-refractivity contribution in [1.82, 2.24) is 10.2 Å². The zero-order valence-corrected chi connectivity index (χ0v) is 14.3. The fourth-order valence-electron chi connectivity index (χ4n) is 3.17. The van der Waals surface area contributed by atoms with Gasteiger partial charge in [-0.05, 0) is 43.5 Å². The third kappa shape index (κ3) is 3.65. The first-order chi connectivity index (χ1) is 10.1. The first kappa shape index (κ1) is 16.5. The van der Waals surface area contributed by atoms with E-state index in [0.717, 1.165) is 30.3 Å². The third-order valence-corrected chi connectivity index (χ3v) is 4.76. The maximum atomic E-state index is 12.1. The lowest BCUT2D eigenvalue weighted by Crippen LogP contribution is -2.48. The molecule has 1 aromatic carbocycles. The number of halogens is 1. The highest BCUT2D eigenvalue weighted by Crippen LogP contribution is 2.33. The first-order valence-corrected chi connectivity index (χ1v) is 8.36. The summed E-state index contributed by atoms with van der Waals surface area (Å²) in [5, 5.41) is 2.78.